The number of rotatable bonds is 5. The molecule has 6 heteroatoms. The predicted octanol–water partition coefficient (Wildman–Crippen LogP) is 2.31. The zero-order valence-electron chi connectivity index (χ0n) is 12.5. The number of aromatic nitrogens is 1. The second kappa shape index (κ2) is 6.93. The molecule has 1 aliphatic carbocycles. The summed E-state index contributed by atoms with van der Waals surface area (Å²) in [5, 5.41) is 0. The molecular weight excluding hydrogens is 276 g/mol. The molecule has 1 saturated carbocycles. The molecule has 4 nitrogen and oxygen atoms in total. The van der Waals surface area contributed by atoms with Crippen LogP contribution in [0.1, 0.15) is 36.0 Å². The first-order chi connectivity index (χ1) is 10.0. The van der Waals surface area contributed by atoms with Crippen LogP contribution < -0.4 is 0 Å². The molecule has 1 fully saturated rings. The number of carbonyl (C=O) groups is 1. The molecule has 21 heavy (non-hydrogen) atoms. The number of nitrogens with zero attached hydrogens (tertiary/aromatic N) is 3. The Morgan fingerprint density at radius 1 is 1.29 bits per heavy atom. The topological polar surface area (TPSA) is 36.4 Å². The molecule has 0 radical (unpaired) electrons. The van der Waals surface area contributed by atoms with E-state index in [1.54, 1.807) is 4.90 Å². The summed E-state index contributed by atoms with van der Waals surface area (Å²) in [7, 11) is 3.84. The van der Waals surface area contributed by atoms with E-state index in [4.69, 9.17) is 0 Å². The maximum absolute atomic E-state index is 13.8. The summed E-state index contributed by atoms with van der Waals surface area (Å²) in [4.78, 5) is 19.5. The van der Waals surface area contributed by atoms with Crippen LogP contribution in [-0.4, -0.2) is 53.9 Å². The van der Waals surface area contributed by atoms with E-state index in [2.05, 4.69) is 4.98 Å². The van der Waals surface area contributed by atoms with Gasteiger partial charge in [-0.25, -0.2) is 9.37 Å². The molecule has 0 spiro atoms. The van der Waals surface area contributed by atoms with Crippen LogP contribution in [0.4, 0.5) is 8.78 Å². The van der Waals surface area contributed by atoms with Crippen molar-refractivity contribution in [3.63, 3.8) is 0 Å². The minimum atomic E-state index is -1.22. The molecular formula is C15H21F2N3O. The van der Waals surface area contributed by atoms with E-state index in [1.165, 1.54) is 6.07 Å². The lowest BCUT2D eigenvalue weighted by Gasteiger charge is -2.30. The third-order valence-electron chi connectivity index (χ3n) is 3.89. The summed E-state index contributed by atoms with van der Waals surface area (Å²) in [6.07, 6.45) is 5.13. The number of likely N-dealkylation sites (N-methyl/N-ethyl adjacent to an activating group) is 1. The summed E-state index contributed by atoms with van der Waals surface area (Å²) in [5.41, 5.74) is -0.229. The van der Waals surface area contributed by atoms with Gasteiger partial charge in [-0.2, -0.15) is 4.39 Å². The van der Waals surface area contributed by atoms with E-state index in [0.717, 1.165) is 31.9 Å². The summed E-state index contributed by atoms with van der Waals surface area (Å²) in [5.74, 6) is -2.82. The number of amides is 1. The second-order valence-electron chi connectivity index (χ2n) is 5.70. The maximum Gasteiger partial charge on any atom is 0.257 e. The Hall–Kier alpha value is -1.56. The van der Waals surface area contributed by atoms with Crippen molar-refractivity contribution >= 4 is 5.91 Å². The van der Waals surface area contributed by atoms with Gasteiger partial charge in [0, 0.05) is 25.3 Å². The number of carbonyl (C=O) groups excluding carboxylic acids is 1. The highest BCUT2D eigenvalue weighted by Crippen LogP contribution is 2.25. The Morgan fingerprint density at radius 2 is 1.95 bits per heavy atom. The van der Waals surface area contributed by atoms with Gasteiger partial charge in [0.15, 0.2) is 5.82 Å². The Labute approximate surface area is 123 Å². The van der Waals surface area contributed by atoms with E-state index < -0.39 is 17.7 Å². The van der Waals surface area contributed by atoms with Crippen LogP contribution in [0.25, 0.3) is 0 Å². The van der Waals surface area contributed by atoms with E-state index in [-0.39, 0.29) is 11.6 Å². The van der Waals surface area contributed by atoms with Crippen LogP contribution in [0.3, 0.4) is 0 Å². The highest BCUT2D eigenvalue weighted by Gasteiger charge is 2.29. The van der Waals surface area contributed by atoms with Crippen molar-refractivity contribution in [3.8, 4) is 0 Å². The molecule has 1 aromatic heterocycles. The van der Waals surface area contributed by atoms with Gasteiger partial charge in [0.2, 0.25) is 5.95 Å². The van der Waals surface area contributed by atoms with Crippen molar-refractivity contribution in [2.24, 2.45) is 0 Å². The van der Waals surface area contributed by atoms with Crippen molar-refractivity contribution in [2.75, 3.05) is 27.2 Å². The van der Waals surface area contributed by atoms with E-state index in [9.17, 15) is 13.6 Å². The molecule has 1 heterocycles. The lowest BCUT2D eigenvalue weighted by atomic mass is 10.1. The molecule has 2 rings (SSSR count). The number of pyridine rings is 1. The van der Waals surface area contributed by atoms with Gasteiger partial charge in [-0.05, 0) is 33.0 Å². The molecule has 116 valence electrons. The molecule has 0 unspecified atom stereocenters. The Morgan fingerprint density at radius 3 is 2.57 bits per heavy atom. The average Bonchev–Trinajstić information content (AvgIpc) is 2.95. The quantitative estimate of drug-likeness (QED) is 0.783. The van der Waals surface area contributed by atoms with Crippen molar-refractivity contribution in [1.29, 1.82) is 0 Å². The molecule has 1 aliphatic rings. The van der Waals surface area contributed by atoms with Crippen molar-refractivity contribution in [1.82, 2.24) is 14.8 Å². The van der Waals surface area contributed by atoms with Crippen LogP contribution in [-0.2, 0) is 0 Å². The Balaban J connectivity index is 2.22. The van der Waals surface area contributed by atoms with Gasteiger partial charge in [0.05, 0.1) is 5.56 Å². The Bertz CT molecular complexity index is 502. The molecule has 0 saturated heterocycles. The SMILES string of the molecule is CN(C)CCN(C(=O)c1ccnc(F)c1F)C1CCCC1. The maximum atomic E-state index is 13.8. The lowest BCUT2D eigenvalue weighted by molar-refractivity contribution is 0.0661. The molecule has 0 bridgehead atoms. The number of hydrogen-bond donors (Lipinski definition) is 0. The summed E-state index contributed by atoms with van der Waals surface area (Å²) >= 11 is 0. The van der Waals surface area contributed by atoms with E-state index in [1.807, 2.05) is 19.0 Å². The number of halogens is 2. The summed E-state index contributed by atoms with van der Waals surface area (Å²) in [6.45, 7) is 1.21. The van der Waals surface area contributed by atoms with Gasteiger partial charge in [0.1, 0.15) is 0 Å². The fourth-order valence-corrected chi connectivity index (χ4v) is 2.71. The first-order valence-corrected chi connectivity index (χ1v) is 7.26. The fraction of sp³-hybridized carbons (Fsp3) is 0.600. The molecule has 0 N–H and O–H groups in total. The average molecular weight is 297 g/mol. The Kier molecular flexibility index (Phi) is 5.22. The van der Waals surface area contributed by atoms with Gasteiger partial charge in [0.25, 0.3) is 5.91 Å². The summed E-state index contributed by atoms with van der Waals surface area (Å²) < 4.78 is 27.0. The molecule has 1 amide bonds. The lowest BCUT2D eigenvalue weighted by Crippen LogP contribution is -2.43. The first-order valence-electron chi connectivity index (χ1n) is 7.26. The highest BCUT2D eigenvalue weighted by molar-refractivity contribution is 5.94. The molecule has 0 aliphatic heterocycles. The van der Waals surface area contributed by atoms with Crippen LogP contribution in [0.2, 0.25) is 0 Å². The van der Waals surface area contributed by atoms with Crippen molar-refractivity contribution in [2.45, 2.75) is 31.7 Å². The van der Waals surface area contributed by atoms with Gasteiger partial charge in [-0.3, -0.25) is 4.79 Å². The van der Waals surface area contributed by atoms with Crippen molar-refractivity contribution in [3.05, 3.63) is 29.6 Å². The van der Waals surface area contributed by atoms with Gasteiger partial charge in [-0.1, -0.05) is 12.8 Å². The smallest absolute Gasteiger partial charge is 0.257 e. The zero-order chi connectivity index (χ0) is 15.4. The van der Waals surface area contributed by atoms with Crippen molar-refractivity contribution < 1.29 is 13.6 Å². The van der Waals surface area contributed by atoms with Crippen LogP contribution in [0.15, 0.2) is 12.3 Å². The summed E-state index contributed by atoms with van der Waals surface area (Å²) in [6, 6.07) is 1.37. The third kappa shape index (κ3) is 3.75. The largest absolute Gasteiger partial charge is 0.334 e. The normalized spacial score (nSPS) is 15.7. The third-order valence-corrected chi connectivity index (χ3v) is 3.89. The predicted molar refractivity (Wildman–Crippen MR) is 76.0 cm³/mol. The zero-order valence-corrected chi connectivity index (χ0v) is 12.5. The highest BCUT2D eigenvalue weighted by atomic mass is 19.2. The van der Waals surface area contributed by atoms with Crippen LogP contribution >= 0.6 is 0 Å². The van der Waals surface area contributed by atoms with Crippen LogP contribution in [0.5, 0.6) is 0 Å². The molecule has 1 aromatic rings. The van der Waals surface area contributed by atoms with E-state index in [0.29, 0.717) is 13.1 Å². The number of hydrogen-bond acceptors (Lipinski definition) is 3. The molecule has 0 aromatic carbocycles. The van der Waals surface area contributed by atoms with Crippen LogP contribution in [0, 0.1) is 11.8 Å². The van der Waals surface area contributed by atoms with Gasteiger partial charge < -0.3 is 9.80 Å². The van der Waals surface area contributed by atoms with Gasteiger partial charge >= 0.3 is 0 Å². The first kappa shape index (κ1) is 15.8. The molecule has 0 atom stereocenters. The van der Waals surface area contributed by atoms with E-state index >= 15 is 0 Å². The minimum Gasteiger partial charge on any atom is -0.334 e. The van der Waals surface area contributed by atoms with Gasteiger partial charge in [-0.15, -0.1) is 0 Å². The second-order valence-corrected chi connectivity index (χ2v) is 5.70. The fourth-order valence-electron chi connectivity index (χ4n) is 2.71. The monoisotopic (exact) mass is 297 g/mol. The minimum absolute atomic E-state index is 0.119. The standard InChI is InChI=1S/C15H21F2N3O/c1-19(2)9-10-20(11-5-3-4-6-11)15(21)12-7-8-18-14(17)13(12)16/h7-8,11H,3-6,9-10H2,1-2H3.